The summed E-state index contributed by atoms with van der Waals surface area (Å²) < 4.78 is 18.2. The quantitative estimate of drug-likeness (QED) is 0.805. The molecule has 0 bridgehead atoms. The van der Waals surface area contributed by atoms with E-state index in [1.165, 1.54) is 12.1 Å². The molecule has 0 aliphatic carbocycles. The number of amides is 1. The van der Waals surface area contributed by atoms with Crippen LogP contribution in [-0.2, 0) is 17.8 Å². The van der Waals surface area contributed by atoms with Gasteiger partial charge in [0.1, 0.15) is 11.3 Å². The van der Waals surface area contributed by atoms with Gasteiger partial charge >= 0.3 is 0 Å². The lowest BCUT2D eigenvalue weighted by atomic mass is 10.1. The van der Waals surface area contributed by atoms with Gasteiger partial charge in [0.2, 0.25) is 5.91 Å². The number of aryl methyl sites for hydroxylation is 1. The molecule has 0 unspecified atom stereocenters. The van der Waals surface area contributed by atoms with E-state index in [1.807, 2.05) is 18.2 Å². The molecule has 0 aliphatic heterocycles. The fourth-order valence-corrected chi connectivity index (χ4v) is 2.25. The summed E-state index contributed by atoms with van der Waals surface area (Å²) in [5, 5.41) is 2.81. The minimum absolute atomic E-state index is 0.0936. The fraction of sp³-hybridized carbons (Fsp3) is 0.176. The number of hydrogen-bond donors (Lipinski definition) is 1. The van der Waals surface area contributed by atoms with Gasteiger partial charge < -0.3 is 9.73 Å². The van der Waals surface area contributed by atoms with Crippen molar-refractivity contribution in [1.82, 2.24) is 10.3 Å². The zero-order chi connectivity index (χ0) is 15.5. The van der Waals surface area contributed by atoms with Crippen molar-refractivity contribution in [3.8, 4) is 0 Å². The molecule has 2 aromatic carbocycles. The number of carbonyl (C=O) groups excluding carboxylic acids is 1. The summed E-state index contributed by atoms with van der Waals surface area (Å²) in [5.74, 6) is 0.225. The Hall–Kier alpha value is -2.69. The molecule has 3 rings (SSSR count). The molecule has 4 nitrogen and oxygen atoms in total. The first-order valence-corrected chi connectivity index (χ1v) is 6.97. The summed E-state index contributed by atoms with van der Waals surface area (Å²) in [4.78, 5) is 16.2. The van der Waals surface area contributed by atoms with E-state index in [0.717, 1.165) is 16.6 Å². The van der Waals surface area contributed by atoms with Crippen molar-refractivity contribution in [3.05, 3.63) is 65.3 Å². The number of carbonyl (C=O) groups is 1. The Morgan fingerprint density at radius 3 is 2.68 bits per heavy atom. The van der Waals surface area contributed by atoms with E-state index in [-0.39, 0.29) is 18.1 Å². The Bertz CT molecular complexity index is 809. The van der Waals surface area contributed by atoms with Gasteiger partial charge in [-0.2, -0.15) is 0 Å². The Morgan fingerprint density at radius 1 is 1.18 bits per heavy atom. The van der Waals surface area contributed by atoms with Crippen LogP contribution in [0.1, 0.15) is 17.0 Å². The number of nitrogens with one attached hydrogen (secondary N) is 1. The van der Waals surface area contributed by atoms with Crippen LogP contribution in [0.5, 0.6) is 0 Å². The molecule has 1 aromatic heterocycles. The molecule has 0 atom stereocenters. The number of aromatic nitrogens is 1. The van der Waals surface area contributed by atoms with Crippen LogP contribution in [0.15, 0.2) is 46.9 Å². The molecule has 0 fully saturated rings. The molecule has 1 N–H and O–H groups in total. The van der Waals surface area contributed by atoms with Crippen molar-refractivity contribution in [2.75, 3.05) is 0 Å². The molecule has 3 aromatic rings. The van der Waals surface area contributed by atoms with Gasteiger partial charge in [-0.25, -0.2) is 9.37 Å². The predicted octanol–water partition coefficient (Wildman–Crippen LogP) is 3.13. The summed E-state index contributed by atoms with van der Waals surface area (Å²) in [5.41, 5.74) is 3.20. The van der Waals surface area contributed by atoms with Gasteiger partial charge in [-0.1, -0.05) is 18.2 Å². The Kier molecular flexibility index (Phi) is 3.87. The second-order valence-corrected chi connectivity index (χ2v) is 5.11. The Labute approximate surface area is 127 Å². The number of halogens is 1. The number of benzene rings is 2. The van der Waals surface area contributed by atoms with Gasteiger partial charge in [-0.3, -0.25) is 4.79 Å². The largest absolute Gasteiger partial charge is 0.441 e. The van der Waals surface area contributed by atoms with Crippen molar-refractivity contribution < 1.29 is 13.6 Å². The van der Waals surface area contributed by atoms with Crippen LogP contribution in [-0.4, -0.2) is 10.9 Å². The van der Waals surface area contributed by atoms with Gasteiger partial charge in [0, 0.05) is 13.5 Å². The first kappa shape index (κ1) is 14.3. The molecule has 0 saturated carbocycles. The number of hydrogen-bond acceptors (Lipinski definition) is 3. The summed E-state index contributed by atoms with van der Waals surface area (Å²) in [6, 6.07) is 11.6. The van der Waals surface area contributed by atoms with E-state index >= 15 is 0 Å². The Balaban J connectivity index is 1.61. The third-order valence-corrected chi connectivity index (χ3v) is 3.33. The van der Waals surface area contributed by atoms with E-state index in [2.05, 4.69) is 10.3 Å². The molecule has 1 heterocycles. The zero-order valence-electron chi connectivity index (χ0n) is 12.1. The van der Waals surface area contributed by atoms with Crippen molar-refractivity contribution in [1.29, 1.82) is 0 Å². The molecule has 112 valence electrons. The van der Waals surface area contributed by atoms with Crippen molar-refractivity contribution in [3.63, 3.8) is 0 Å². The minimum Gasteiger partial charge on any atom is -0.441 e. The van der Waals surface area contributed by atoms with Gasteiger partial charge in [-0.05, 0) is 35.4 Å². The van der Waals surface area contributed by atoms with E-state index in [1.54, 1.807) is 19.1 Å². The summed E-state index contributed by atoms with van der Waals surface area (Å²) >= 11 is 0. The maximum atomic E-state index is 12.8. The number of nitrogens with zero attached hydrogens (tertiary/aromatic N) is 1. The normalized spacial score (nSPS) is 10.8. The lowest BCUT2D eigenvalue weighted by molar-refractivity contribution is -0.120. The standard InChI is InChI=1S/C17H15FN2O2/c1-11-20-15-8-13(4-7-16(15)22-11)9-17(21)19-10-12-2-5-14(18)6-3-12/h2-8H,9-10H2,1H3,(H,19,21). The average molecular weight is 298 g/mol. The summed E-state index contributed by atoms with van der Waals surface area (Å²) in [7, 11) is 0. The van der Waals surface area contributed by atoms with Crippen LogP contribution in [0, 0.1) is 12.7 Å². The lowest BCUT2D eigenvalue weighted by Gasteiger charge is -2.05. The molecule has 0 radical (unpaired) electrons. The van der Waals surface area contributed by atoms with E-state index in [0.29, 0.717) is 18.0 Å². The van der Waals surface area contributed by atoms with Crippen LogP contribution in [0.4, 0.5) is 4.39 Å². The summed E-state index contributed by atoms with van der Waals surface area (Å²) in [6.45, 7) is 2.17. The highest BCUT2D eigenvalue weighted by Crippen LogP contribution is 2.17. The SMILES string of the molecule is Cc1nc2cc(CC(=O)NCc3ccc(F)cc3)ccc2o1. The minimum atomic E-state index is -0.286. The second kappa shape index (κ2) is 5.97. The van der Waals surface area contributed by atoms with Crippen molar-refractivity contribution in [2.45, 2.75) is 19.9 Å². The second-order valence-electron chi connectivity index (χ2n) is 5.11. The molecule has 22 heavy (non-hydrogen) atoms. The van der Waals surface area contributed by atoms with Gasteiger partial charge in [0.15, 0.2) is 11.5 Å². The van der Waals surface area contributed by atoms with Crippen LogP contribution in [0.2, 0.25) is 0 Å². The molecule has 1 amide bonds. The maximum Gasteiger partial charge on any atom is 0.224 e. The first-order chi connectivity index (χ1) is 10.6. The maximum absolute atomic E-state index is 12.8. The Morgan fingerprint density at radius 2 is 1.91 bits per heavy atom. The highest BCUT2D eigenvalue weighted by molar-refractivity contribution is 5.81. The third kappa shape index (κ3) is 3.31. The first-order valence-electron chi connectivity index (χ1n) is 6.97. The van der Waals surface area contributed by atoms with Crippen LogP contribution >= 0.6 is 0 Å². The van der Waals surface area contributed by atoms with Crippen molar-refractivity contribution in [2.24, 2.45) is 0 Å². The number of fused-ring (bicyclic) bond motifs is 1. The molecule has 0 saturated heterocycles. The highest BCUT2D eigenvalue weighted by atomic mass is 19.1. The topological polar surface area (TPSA) is 55.1 Å². The zero-order valence-corrected chi connectivity index (χ0v) is 12.1. The number of rotatable bonds is 4. The van der Waals surface area contributed by atoms with Crippen molar-refractivity contribution >= 4 is 17.0 Å². The van der Waals surface area contributed by atoms with E-state index in [4.69, 9.17) is 4.42 Å². The predicted molar refractivity (Wildman–Crippen MR) is 80.7 cm³/mol. The monoisotopic (exact) mass is 298 g/mol. The average Bonchev–Trinajstić information content (AvgIpc) is 2.86. The third-order valence-electron chi connectivity index (χ3n) is 3.33. The van der Waals surface area contributed by atoms with E-state index in [9.17, 15) is 9.18 Å². The molecule has 5 heteroatoms. The summed E-state index contributed by atoms with van der Waals surface area (Å²) in [6.07, 6.45) is 0.267. The number of oxazole rings is 1. The highest BCUT2D eigenvalue weighted by Gasteiger charge is 2.07. The van der Waals surface area contributed by atoms with E-state index < -0.39 is 0 Å². The molecule has 0 spiro atoms. The van der Waals surface area contributed by atoms with Gasteiger partial charge in [0.25, 0.3) is 0 Å². The van der Waals surface area contributed by atoms with Gasteiger partial charge in [-0.15, -0.1) is 0 Å². The molecular formula is C17H15FN2O2. The fourth-order valence-electron chi connectivity index (χ4n) is 2.25. The van der Waals surface area contributed by atoms with Crippen LogP contribution in [0.25, 0.3) is 11.1 Å². The van der Waals surface area contributed by atoms with Crippen LogP contribution < -0.4 is 5.32 Å². The lowest BCUT2D eigenvalue weighted by Crippen LogP contribution is -2.24. The molecular weight excluding hydrogens is 283 g/mol. The molecule has 0 aliphatic rings. The van der Waals surface area contributed by atoms with Gasteiger partial charge in [0.05, 0.1) is 6.42 Å². The smallest absolute Gasteiger partial charge is 0.224 e. The van der Waals surface area contributed by atoms with Crippen LogP contribution in [0.3, 0.4) is 0 Å².